The van der Waals surface area contributed by atoms with Gasteiger partial charge >= 0.3 is 0 Å². The SMILES string of the molecule is CCc1nc(-c2cccc(NC(=O)C3CC3)c2)no1. The van der Waals surface area contributed by atoms with Crippen LogP contribution in [0.3, 0.4) is 0 Å². The minimum Gasteiger partial charge on any atom is -0.339 e. The molecule has 1 fully saturated rings. The van der Waals surface area contributed by atoms with E-state index in [1.165, 1.54) is 0 Å². The summed E-state index contributed by atoms with van der Waals surface area (Å²) in [6.45, 7) is 1.96. The number of carbonyl (C=O) groups is 1. The average Bonchev–Trinajstić information content (AvgIpc) is 3.17. The highest BCUT2D eigenvalue weighted by Gasteiger charge is 2.29. The lowest BCUT2D eigenvalue weighted by atomic mass is 10.2. The largest absolute Gasteiger partial charge is 0.339 e. The summed E-state index contributed by atoms with van der Waals surface area (Å²) in [6, 6.07) is 7.51. The van der Waals surface area contributed by atoms with Crippen molar-refractivity contribution in [2.24, 2.45) is 5.92 Å². The molecule has 1 aromatic heterocycles. The fourth-order valence-electron chi connectivity index (χ4n) is 1.84. The number of hydrogen-bond acceptors (Lipinski definition) is 4. The first-order valence-electron chi connectivity index (χ1n) is 6.50. The summed E-state index contributed by atoms with van der Waals surface area (Å²) in [4.78, 5) is 16.0. The van der Waals surface area contributed by atoms with Gasteiger partial charge in [0.15, 0.2) is 0 Å². The van der Waals surface area contributed by atoms with E-state index >= 15 is 0 Å². The molecule has 2 aromatic rings. The quantitative estimate of drug-likeness (QED) is 0.914. The second-order valence-electron chi connectivity index (χ2n) is 4.71. The first-order chi connectivity index (χ1) is 9.26. The number of rotatable bonds is 4. The highest BCUT2D eigenvalue weighted by atomic mass is 16.5. The maximum Gasteiger partial charge on any atom is 0.227 e. The van der Waals surface area contributed by atoms with E-state index in [1.54, 1.807) is 0 Å². The summed E-state index contributed by atoms with van der Waals surface area (Å²) >= 11 is 0. The van der Waals surface area contributed by atoms with Gasteiger partial charge < -0.3 is 9.84 Å². The lowest BCUT2D eigenvalue weighted by Crippen LogP contribution is -2.13. The van der Waals surface area contributed by atoms with Crippen molar-refractivity contribution in [1.29, 1.82) is 0 Å². The van der Waals surface area contributed by atoms with E-state index in [2.05, 4.69) is 15.5 Å². The zero-order valence-electron chi connectivity index (χ0n) is 10.7. The fraction of sp³-hybridized carbons (Fsp3) is 0.357. The van der Waals surface area contributed by atoms with Crippen molar-refractivity contribution in [2.75, 3.05) is 5.32 Å². The Morgan fingerprint density at radius 2 is 2.32 bits per heavy atom. The Bertz CT molecular complexity index is 602. The molecule has 0 bridgehead atoms. The Kier molecular flexibility index (Phi) is 3.03. The summed E-state index contributed by atoms with van der Waals surface area (Å²) in [5, 5.41) is 6.84. The van der Waals surface area contributed by atoms with Crippen molar-refractivity contribution in [1.82, 2.24) is 10.1 Å². The Balaban J connectivity index is 1.80. The topological polar surface area (TPSA) is 68.0 Å². The van der Waals surface area contributed by atoms with Gasteiger partial charge in [-0.15, -0.1) is 0 Å². The fourth-order valence-corrected chi connectivity index (χ4v) is 1.84. The van der Waals surface area contributed by atoms with Crippen LogP contribution in [0.15, 0.2) is 28.8 Å². The molecule has 0 spiro atoms. The molecule has 5 nitrogen and oxygen atoms in total. The van der Waals surface area contributed by atoms with E-state index in [-0.39, 0.29) is 11.8 Å². The Hall–Kier alpha value is -2.17. The van der Waals surface area contributed by atoms with Crippen LogP contribution in [0.4, 0.5) is 5.69 Å². The number of nitrogens with one attached hydrogen (secondary N) is 1. The van der Waals surface area contributed by atoms with Crippen LogP contribution in [-0.2, 0) is 11.2 Å². The van der Waals surface area contributed by atoms with Gasteiger partial charge in [-0.2, -0.15) is 4.98 Å². The van der Waals surface area contributed by atoms with Crippen LogP contribution < -0.4 is 5.32 Å². The molecule has 1 aromatic carbocycles. The number of carbonyl (C=O) groups excluding carboxylic acids is 1. The molecule has 1 saturated carbocycles. The van der Waals surface area contributed by atoms with Crippen LogP contribution >= 0.6 is 0 Å². The predicted octanol–water partition coefficient (Wildman–Crippen LogP) is 2.65. The van der Waals surface area contributed by atoms with Crippen molar-refractivity contribution < 1.29 is 9.32 Å². The van der Waals surface area contributed by atoms with E-state index in [0.29, 0.717) is 18.1 Å². The third kappa shape index (κ3) is 2.65. The molecule has 1 heterocycles. The molecular formula is C14H15N3O2. The summed E-state index contributed by atoms with van der Waals surface area (Å²) < 4.78 is 5.09. The molecule has 1 amide bonds. The standard InChI is InChI=1S/C14H15N3O2/c1-2-12-16-13(17-19-12)10-4-3-5-11(8-10)15-14(18)9-6-7-9/h3-5,8-9H,2,6-7H2,1H3,(H,15,18). The maximum absolute atomic E-state index is 11.7. The molecule has 1 aliphatic rings. The average molecular weight is 257 g/mol. The van der Waals surface area contributed by atoms with Crippen molar-refractivity contribution in [2.45, 2.75) is 26.2 Å². The summed E-state index contributed by atoms with van der Waals surface area (Å²) in [5.74, 6) is 1.46. The number of amides is 1. The first kappa shape index (κ1) is 11.9. The summed E-state index contributed by atoms with van der Waals surface area (Å²) in [7, 11) is 0. The normalized spacial score (nSPS) is 14.4. The van der Waals surface area contributed by atoms with Gasteiger partial charge in [0.25, 0.3) is 0 Å². The van der Waals surface area contributed by atoms with E-state index < -0.39 is 0 Å². The van der Waals surface area contributed by atoms with Crippen LogP contribution in [0.25, 0.3) is 11.4 Å². The van der Waals surface area contributed by atoms with Gasteiger partial charge in [0.1, 0.15) is 0 Å². The van der Waals surface area contributed by atoms with E-state index in [4.69, 9.17) is 4.52 Å². The molecule has 1 N–H and O–H groups in total. The lowest BCUT2D eigenvalue weighted by Gasteiger charge is -2.04. The van der Waals surface area contributed by atoms with Gasteiger partial charge in [0.2, 0.25) is 17.6 Å². The number of aryl methyl sites for hydroxylation is 1. The second-order valence-corrected chi connectivity index (χ2v) is 4.71. The molecule has 5 heteroatoms. The van der Waals surface area contributed by atoms with Crippen LogP contribution in [0.2, 0.25) is 0 Å². The van der Waals surface area contributed by atoms with Gasteiger partial charge in [-0.25, -0.2) is 0 Å². The van der Waals surface area contributed by atoms with Gasteiger partial charge in [0, 0.05) is 23.6 Å². The Labute approximate surface area is 111 Å². The van der Waals surface area contributed by atoms with E-state index in [1.807, 2.05) is 31.2 Å². The molecule has 98 valence electrons. The van der Waals surface area contributed by atoms with E-state index in [9.17, 15) is 4.79 Å². The van der Waals surface area contributed by atoms with Gasteiger partial charge in [0.05, 0.1) is 0 Å². The highest BCUT2D eigenvalue weighted by molar-refractivity contribution is 5.94. The number of anilines is 1. The monoisotopic (exact) mass is 257 g/mol. The van der Waals surface area contributed by atoms with E-state index in [0.717, 1.165) is 24.1 Å². The Morgan fingerprint density at radius 3 is 3.00 bits per heavy atom. The van der Waals surface area contributed by atoms with Crippen molar-refractivity contribution in [3.05, 3.63) is 30.2 Å². The number of aromatic nitrogens is 2. The van der Waals surface area contributed by atoms with Crippen LogP contribution in [0, 0.1) is 5.92 Å². The molecular weight excluding hydrogens is 242 g/mol. The molecule has 1 aliphatic carbocycles. The molecule has 0 unspecified atom stereocenters. The second kappa shape index (κ2) is 4.84. The summed E-state index contributed by atoms with van der Waals surface area (Å²) in [6.07, 6.45) is 2.71. The third-order valence-corrected chi connectivity index (χ3v) is 3.11. The molecule has 0 saturated heterocycles. The third-order valence-electron chi connectivity index (χ3n) is 3.11. The number of nitrogens with zero attached hydrogens (tertiary/aromatic N) is 2. The Morgan fingerprint density at radius 1 is 1.47 bits per heavy atom. The predicted molar refractivity (Wildman–Crippen MR) is 70.5 cm³/mol. The van der Waals surface area contributed by atoms with Crippen LogP contribution in [0.5, 0.6) is 0 Å². The molecule has 0 aliphatic heterocycles. The smallest absolute Gasteiger partial charge is 0.227 e. The number of hydrogen-bond donors (Lipinski definition) is 1. The molecule has 3 rings (SSSR count). The highest BCUT2D eigenvalue weighted by Crippen LogP contribution is 2.30. The minimum atomic E-state index is 0.0968. The van der Waals surface area contributed by atoms with Crippen molar-refractivity contribution in [3.8, 4) is 11.4 Å². The van der Waals surface area contributed by atoms with Crippen LogP contribution in [-0.4, -0.2) is 16.0 Å². The number of benzene rings is 1. The summed E-state index contributed by atoms with van der Waals surface area (Å²) in [5.41, 5.74) is 1.62. The van der Waals surface area contributed by atoms with Crippen molar-refractivity contribution >= 4 is 11.6 Å². The van der Waals surface area contributed by atoms with Crippen molar-refractivity contribution in [3.63, 3.8) is 0 Å². The zero-order valence-corrected chi connectivity index (χ0v) is 10.7. The molecule has 19 heavy (non-hydrogen) atoms. The van der Waals surface area contributed by atoms with Gasteiger partial charge in [-0.05, 0) is 25.0 Å². The molecule has 0 atom stereocenters. The lowest BCUT2D eigenvalue weighted by molar-refractivity contribution is -0.117. The van der Waals surface area contributed by atoms with Gasteiger partial charge in [-0.3, -0.25) is 4.79 Å². The molecule has 0 radical (unpaired) electrons. The minimum absolute atomic E-state index is 0.0968. The van der Waals surface area contributed by atoms with Gasteiger partial charge in [-0.1, -0.05) is 24.2 Å². The van der Waals surface area contributed by atoms with Crippen LogP contribution in [0.1, 0.15) is 25.7 Å². The zero-order chi connectivity index (χ0) is 13.2. The first-order valence-corrected chi connectivity index (χ1v) is 6.50. The maximum atomic E-state index is 11.7.